The second-order valence-electron chi connectivity index (χ2n) is 6.47. The first-order valence-electron chi connectivity index (χ1n) is 9.08. The molecule has 0 atom stereocenters. The molecular weight excluding hydrogens is 364 g/mol. The monoisotopic (exact) mass is 388 g/mol. The predicted molar refractivity (Wildman–Crippen MR) is 106 cm³/mol. The number of aromatic nitrogens is 1. The Morgan fingerprint density at radius 2 is 1.78 bits per heavy atom. The number of anilines is 2. The van der Waals surface area contributed by atoms with Crippen LogP contribution >= 0.6 is 0 Å². The number of rotatable bonds is 6. The van der Waals surface area contributed by atoms with E-state index in [2.05, 4.69) is 20.5 Å². The van der Waals surface area contributed by atoms with Gasteiger partial charge in [0, 0.05) is 19.6 Å². The molecule has 0 saturated carbocycles. The van der Waals surface area contributed by atoms with Gasteiger partial charge in [0.1, 0.15) is 5.82 Å². The largest absolute Gasteiger partial charge is 0.357 e. The number of sulfone groups is 1. The number of amides is 2. The van der Waals surface area contributed by atoms with Crippen LogP contribution in [-0.4, -0.2) is 44.8 Å². The van der Waals surface area contributed by atoms with Gasteiger partial charge in [-0.25, -0.2) is 18.2 Å². The van der Waals surface area contributed by atoms with Crippen molar-refractivity contribution in [3.63, 3.8) is 0 Å². The van der Waals surface area contributed by atoms with Gasteiger partial charge in [-0.1, -0.05) is 18.2 Å². The third-order valence-electron chi connectivity index (χ3n) is 4.44. The molecule has 1 aromatic heterocycles. The van der Waals surface area contributed by atoms with E-state index in [4.69, 9.17) is 0 Å². The van der Waals surface area contributed by atoms with Crippen molar-refractivity contribution < 1.29 is 13.2 Å². The fraction of sp³-hybridized carbons (Fsp3) is 0.368. The lowest BCUT2D eigenvalue weighted by atomic mass is 10.1. The summed E-state index contributed by atoms with van der Waals surface area (Å²) in [6.07, 6.45) is 5.23. The van der Waals surface area contributed by atoms with Crippen molar-refractivity contribution in [1.29, 1.82) is 0 Å². The number of nitrogens with zero attached hydrogens (tertiary/aromatic N) is 2. The van der Waals surface area contributed by atoms with Crippen LogP contribution in [0.4, 0.5) is 16.3 Å². The van der Waals surface area contributed by atoms with Crippen LogP contribution in [0.15, 0.2) is 53.6 Å². The molecule has 1 aliphatic rings. The molecule has 2 N–H and O–H groups in total. The Hall–Kier alpha value is -2.61. The lowest BCUT2D eigenvalue weighted by Gasteiger charge is -2.27. The van der Waals surface area contributed by atoms with E-state index in [0.29, 0.717) is 5.69 Å². The van der Waals surface area contributed by atoms with Gasteiger partial charge in [0.05, 0.1) is 22.5 Å². The zero-order valence-electron chi connectivity index (χ0n) is 15.1. The fourth-order valence-electron chi connectivity index (χ4n) is 2.99. The van der Waals surface area contributed by atoms with Crippen LogP contribution in [0.3, 0.4) is 0 Å². The number of hydrogen-bond acceptors (Lipinski definition) is 5. The van der Waals surface area contributed by atoms with Gasteiger partial charge in [-0.15, -0.1) is 0 Å². The minimum absolute atomic E-state index is 0.0301. The summed E-state index contributed by atoms with van der Waals surface area (Å²) in [5.41, 5.74) is 0.569. The maximum absolute atomic E-state index is 12.2. The summed E-state index contributed by atoms with van der Waals surface area (Å²) in [7, 11) is -3.41. The zero-order valence-corrected chi connectivity index (χ0v) is 15.9. The van der Waals surface area contributed by atoms with Crippen molar-refractivity contribution >= 4 is 27.4 Å². The molecule has 1 fully saturated rings. The molecule has 7 nitrogen and oxygen atoms in total. The molecule has 0 unspecified atom stereocenters. The lowest BCUT2D eigenvalue weighted by molar-refractivity contribution is 0.252. The molecule has 27 heavy (non-hydrogen) atoms. The van der Waals surface area contributed by atoms with Crippen molar-refractivity contribution in [2.45, 2.75) is 24.2 Å². The van der Waals surface area contributed by atoms with Crippen LogP contribution in [0, 0.1) is 0 Å². The summed E-state index contributed by atoms with van der Waals surface area (Å²) in [6.45, 7) is 2.05. The fourth-order valence-corrected chi connectivity index (χ4v) is 4.17. The van der Waals surface area contributed by atoms with Crippen molar-refractivity contribution in [1.82, 2.24) is 10.3 Å². The maximum Gasteiger partial charge on any atom is 0.319 e. The molecule has 2 heterocycles. The van der Waals surface area contributed by atoms with Gasteiger partial charge in [0.25, 0.3) is 0 Å². The Bertz CT molecular complexity index is 848. The molecule has 0 bridgehead atoms. The lowest BCUT2D eigenvalue weighted by Crippen LogP contribution is -2.33. The summed E-state index contributed by atoms with van der Waals surface area (Å²) in [6, 6.07) is 11.4. The minimum Gasteiger partial charge on any atom is -0.357 e. The first kappa shape index (κ1) is 19.2. The van der Waals surface area contributed by atoms with E-state index in [9.17, 15) is 13.2 Å². The second kappa shape index (κ2) is 8.85. The van der Waals surface area contributed by atoms with E-state index in [1.807, 2.05) is 6.07 Å². The standard InChI is InChI=1S/C19H24N4O3S/c24-19(20-11-14-27(25,26)17-7-3-1-4-8-17)22-16-9-10-18(21-15-16)23-12-5-2-6-13-23/h1,3-4,7-10,15H,2,5-6,11-14H2,(H2,20,22,24). The van der Waals surface area contributed by atoms with Crippen LogP contribution in [0.25, 0.3) is 0 Å². The summed E-state index contributed by atoms with van der Waals surface area (Å²) in [4.78, 5) is 18.9. The van der Waals surface area contributed by atoms with Crippen LogP contribution in [-0.2, 0) is 9.84 Å². The van der Waals surface area contributed by atoms with E-state index in [1.165, 1.54) is 19.3 Å². The van der Waals surface area contributed by atoms with E-state index in [0.717, 1.165) is 18.9 Å². The smallest absolute Gasteiger partial charge is 0.319 e. The highest BCUT2D eigenvalue weighted by Crippen LogP contribution is 2.18. The average Bonchev–Trinajstić information content (AvgIpc) is 2.70. The Labute approximate surface area is 159 Å². The second-order valence-corrected chi connectivity index (χ2v) is 8.57. The summed E-state index contributed by atoms with van der Waals surface area (Å²) >= 11 is 0. The molecule has 0 aliphatic carbocycles. The van der Waals surface area contributed by atoms with Crippen LogP contribution < -0.4 is 15.5 Å². The van der Waals surface area contributed by atoms with Gasteiger partial charge in [-0.3, -0.25) is 0 Å². The van der Waals surface area contributed by atoms with Gasteiger partial charge in [-0.05, 0) is 43.5 Å². The van der Waals surface area contributed by atoms with Crippen LogP contribution in [0.1, 0.15) is 19.3 Å². The zero-order chi connectivity index (χ0) is 19.1. The number of piperidine rings is 1. The van der Waals surface area contributed by atoms with E-state index >= 15 is 0 Å². The minimum atomic E-state index is -3.41. The van der Waals surface area contributed by atoms with Crippen molar-refractivity contribution in [3.05, 3.63) is 48.7 Å². The number of benzene rings is 1. The van der Waals surface area contributed by atoms with Crippen LogP contribution in [0.2, 0.25) is 0 Å². The molecule has 144 valence electrons. The number of hydrogen-bond donors (Lipinski definition) is 2. The quantitative estimate of drug-likeness (QED) is 0.794. The Morgan fingerprint density at radius 1 is 1.04 bits per heavy atom. The number of pyridine rings is 1. The summed E-state index contributed by atoms with van der Waals surface area (Å²) in [5.74, 6) is 0.756. The van der Waals surface area contributed by atoms with Crippen molar-refractivity contribution in [2.75, 3.05) is 35.6 Å². The van der Waals surface area contributed by atoms with Crippen molar-refractivity contribution in [3.8, 4) is 0 Å². The third kappa shape index (κ3) is 5.43. The molecule has 1 saturated heterocycles. The Kier molecular flexibility index (Phi) is 6.28. The average molecular weight is 388 g/mol. The molecule has 0 radical (unpaired) electrons. The normalized spacial score (nSPS) is 14.6. The first-order chi connectivity index (χ1) is 13.0. The summed E-state index contributed by atoms with van der Waals surface area (Å²) in [5, 5.41) is 5.24. The van der Waals surface area contributed by atoms with E-state index in [-0.39, 0.29) is 17.2 Å². The van der Waals surface area contributed by atoms with Gasteiger partial charge in [0.2, 0.25) is 0 Å². The molecule has 2 aromatic rings. The number of urea groups is 1. The highest BCUT2D eigenvalue weighted by atomic mass is 32.2. The van der Waals surface area contributed by atoms with Crippen LogP contribution in [0.5, 0.6) is 0 Å². The molecule has 3 rings (SSSR count). The number of carbonyl (C=O) groups excluding carboxylic acids is 1. The topological polar surface area (TPSA) is 91.4 Å². The van der Waals surface area contributed by atoms with E-state index < -0.39 is 15.9 Å². The van der Waals surface area contributed by atoms with Gasteiger partial charge >= 0.3 is 6.03 Å². The highest BCUT2D eigenvalue weighted by Gasteiger charge is 2.14. The van der Waals surface area contributed by atoms with Crippen molar-refractivity contribution in [2.24, 2.45) is 0 Å². The molecule has 8 heteroatoms. The molecule has 2 amide bonds. The first-order valence-corrected chi connectivity index (χ1v) is 10.7. The number of carbonyl (C=O) groups is 1. The Balaban J connectivity index is 1.46. The predicted octanol–water partition coefficient (Wildman–Crippen LogP) is 2.67. The van der Waals surface area contributed by atoms with Gasteiger partial charge in [0.15, 0.2) is 9.84 Å². The summed E-state index contributed by atoms with van der Waals surface area (Å²) < 4.78 is 24.3. The van der Waals surface area contributed by atoms with E-state index in [1.54, 1.807) is 42.6 Å². The van der Waals surface area contributed by atoms with Gasteiger partial charge in [-0.2, -0.15) is 0 Å². The molecule has 1 aliphatic heterocycles. The molecular formula is C19H24N4O3S. The van der Waals surface area contributed by atoms with Gasteiger partial charge < -0.3 is 15.5 Å². The molecule has 1 aromatic carbocycles. The SMILES string of the molecule is O=C(NCCS(=O)(=O)c1ccccc1)Nc1ccc(N2CCCCC2)nc1. The Morgan fingerprint density at radius 3 is 2.44 bits per heavy atom. The third-order valence-corrected chi connectivity index (χ3v) is 6.18. The highest BCUT2D eigenvalue weighted by molar-refractivity contribution is 7.91. The number of nitrogens with one attached hydrogen (secondary N) is 2. The molecule has 0 spiro atoms. The maximum atomic E-state index is 12.2.